The zero-order chi connectivity index (χ0) is 13.4. The molecule has 0 bridgehead atoms. The molecule has 1 saturated heterocycles. The molecule has 1 aromatic rings. The van der Waals surface area contributed by atoms with Gasteiger partial charge in [0.25, 0.3) is 0 Å². The van der Waals surface area contributed by atoms with Gasteiger partial charge < -0.3 is 9.80 Å². The quantitative estimate of drug-likeness (QED) is 0.770. The second-order valence-electron chi connectivity index (χ2n) is 5.42. The van der Waals surface area contributed by atoms with Crippen LogP contribution in [0.2, 0.25) is 5.15 Å². The molecular formula is C13H21ClN4. The number of likely N-dealkylation sites (N-methyl/N-ethyl adjacent to an activating group) is 1. The predicted octanol–water partition coefficient (Wildman–Crippen LogP) is 2.13. The van der Waals surface area contributed by atoms with Gasteiger partial charge in [0.1, 0.15) is 16.8 Å². The minimum Gasteiger partial charge on any atom is -0.354 e. The zero-order valence-electron chi connectivity index (χ0n) is 11.7. The van der Waals surface area contributed by atoms with E-state index in [2.05, 4.69) is 40.8 Å². The Balaban J connectivity index is 2.29. The molecule has 4 nitrogen and oxygen atoms in total. The van der Waals surface area contributed by atoms with E-state index in [-0.39, 0.29) is 0 Å². The number of halogens is 1. The summed E-state index contributed by atoms with van der Waals surface area (Å²) in [6.07, 6.45) is 0. The van der Waals surface area contributed by atoms with Gasteiger partial charge in [-0.3, -0.25) is 0 Å². The SMILES string of the molecule is Cc1nc(Cl)c(C)c(N2CC(C)C(N(C)C)C2)n1. The average molecular weight is 269 g/mol. The van der Waals surface area contributed by atoms with Gasteiger partial charge in [0.05, 0.1) is 0 Å². The molecule has 5 heteroatoms. The highest BCUT2D eigenvalue weighted by atomic mass is 35.5. The fraction of sp³-hybridized carbons (Fsp3) is 0.692. The number of anilines is 1. The van der Waals surface area contributed by atoms with Crippen molar-refractivity contribution in [1.29, 1.82) is 0 Å². The van der Waals surface area contributed by atoms with E-state index in [1.54, 1.807) is 0 Å². The summed E-state index contributed by atoms with van der Waals surface area (Å²) in [7, 11) is 4.27. The molecule has 100 valence electrons. The van der Waals surface area contributed by atoms with Crippen molar-refractivity contribution in [3.8, 4) is 0 Å². The Hall–Kier alpha value is -0.870. The van der Waals surface area contributed by atoms with E-state index >= 15 is 0 Å². The van der Waals surface area contributed by atoms with Crippen molar-refractivity contribution >= 4 is 17.4 Å². The zero-order valence-corrected chi connectivity index (χ0v) is 12.5. The number of rotatable bonds is 2. The number of hydrogen-bond donors (Lipinski definition) is 0. The third kappa shape index (κ3) is 2.45. The summed E-state index contributed by atoms with van der Waals surface area (Å²) in [6.45, 7) is 8.19. The van der Waals surface area contributed by atoms with Gasteiger partial charge in [-0.25, -0.2) is 9.97 Å². The van der Waals surface area contributed by atoms with E-state index in [1.807, 2.05) is 13.8 Å². The summed E-state index contributed by atoms with van der Waals surface area (Å²) in [4.78, 5) is 13.4. The van der Waals surface area contributed by atoms with E-state index < -0.39 is 0 Å². The molecule has 2 atom stereocenters. The number of hydrogen-bond acceptors (Lipinski definition) is 4. The second kappa shape index (κ2) is 5.02. The van der Waals surface area contributed by atoms with Crippen LogP contribution >= 0.6 is 11.6 Å². The van der Waals surface area contributed by atoms with Crippen molar-refractivity contribution < 1.29 is 0 Å². The third-order valence-electron chi connectivity index (χ3n) is 3.71. The fourth-order valence-electron chi connectivity index (χ4n) is 2.68. The van der Waals surface area contributed by atoms with E-state index in [0.717, 1.165) is 30.3 Å². The lowest BCUT2D eigenvalue weighted by molar-refractivity contribution is 0.266. The molecule has 2 heterocycles. The van der Waals surface area contributed by atoms with Gasteiger partial charge in [-0.2, -0.15) is 0 Å². The highest BCUT2D eigenvalue weighted by molar-refractivity contribution is 6.30. The third-order valence-corrected chi connectivity index (χ3v) is 4.08. The Labute approximate surface area is 114 Å². The number of nitrogens with zero attached hydrogens (tertiary/aromatic N) is 4. The van der Waals surface area contributed by atoms with Crippen molar-refractivity contribution in [3.05, 3.63) is 16.5 Å². The summed E-state index contributed by atoms with van der Waals surface area (Å²) in [5.74, 6) is 2.36. The molecule has 0 radical (unpaired) electrons. The highest BCUT2D eigenvalue weighted by Gasteiger charge is 2.32. The molecule has 0 aliphatic carbocycles. The summed E-state index contributed by atoms with van der Waals surface area (Å²) in [6, 6.07) is 0.568. The van der Waals surface area contributed by atoms with Gasteiger partial charge >= 0.3 is 0 Å². The number of aromatic nitrogens is 2. The van der Waals surface area contributed by atoms with Crippen molar-refractivity contribution in [2.24, 2.45) is 5.92 Å². The summed E-state index contributed by atoms with van der Waals surface area (Å²) < 4.78 is 0. The molecule has 18 heavy (non-hydrogen) atoms. The Morgan fingerprint density at radius 3 is 2.44 bits per heavy atom. The van der Waals surface area contributed by atoms with Gasteiger partial charge in [-0.15, -0.1) is 0 Å². The minimum absolute atomic E-state index is 0.568. The Kier molecular flexibility index (Phi) is 3.78. The molecule has 1 aliphatic heterocycles. The maximum absolute atomic E-state index is 6.14. The van der Waals surface area contributed by atoms with Crippen LogP contribution in [0.15, 0.2) is 0 Å². The van der Waals surface area contributed by atoms with Crippen LogP contribution in [0.3, 0.4) is 0 Å². The van der Waals surface area contributed by atoms with Crippen LogP contribution in [0.4, 0.5) is 5.82 Å². The van der Waals surface area contributed by atoms with Crippen molar-refractivity contribution in [2.75, 3.05) is 32.1 Å². The Morgan fingerprint density at radius 1 is 1.22 bits per heavy atom. The van der Waals surface area contributed by atoms with Crippen LogP contribution in [-0.4, -0.2) is 48.1 Å². The van der Waals surface area contributed by atoms with E-state index in [1.165, 1.54) is 0 Å². The lowest BCUT2D eigenvalue weighted by Gasteiger charge is -2.23. The molecule has 0 saturated carbocycles. The smallest absolute Gasteiger partial charge is 0.137 e. The van der Waals surface area contributed by atoms with Crippen molar-refractivity contribution in [3.63, 3.8) is 0 Å². The fourth-order valence-corrected chi connectivity index (χ4v) is 2.89. The molecule has 0 aromatic carbocycles. The maximum atomic E-state index is 6.14. The normalized spacial score (nSPS) is 24.1. The Bertz CT molecular complexity index is 447. The average Bonchev–Trinajstić information content (AvgIpc) is 2.65. The molecule has 0 amide bonds. The first-order valence-electron chi connectivity index (χ1n) is 6.32. The van der Waals surface area contributed by atoms with Crippen LogP contribution in [0, 0.1) is 19.8 Å². The largest absolute Gasteiger partial charge is 0.354 e. The molecule has 1 fully saturated rings. The molecule has 2 unspecified atom stereocenters. The van der Waals surface area contributed by atoms with Gasteiger partial charge in [-0.1, -0.05) is 18.5 Å². The molecule has 0 spiro atoms. The summed E-state index contributed by atoms with van der Waals surface area (Å²) >= 11 is 6.14. The van der Waals surface area contributed by atoms with Gasteiger partial charge in [0.15, 0.2) is 0 Å². The van der Waals surface area contributed by atoms with E-state index in [9.17, 15) is 0 Å². The minimum atomic E-state index is 0.568. The van der Waals surface area contributed by atoms with Crippen molar-refractivity contribution in [1.82, 2.24) is 14.9 Å². The first kappa shape index (κ1) is 13.6. The van der Waals surface area contributed by atoms with E-state index in [4.69, 9.17) is 11.6 Å². The summed E-state index contributed by atoms with van der Waals surface area (Å²) in [5.41, 5.74) is 0.980. The highest BCUT2D eigenvalue weighted by Crippen LogP contribution is 2.29. The maximum Gasteiger partial charge on any atom is 0.137 e. The summed E-state index contributed by atoms with van der Waals surface area (Å²) in [5, 5.41) is 0.568. The topological polar surface area (TPSA) is 32.3 Å². The van der Waals surface area contributed by atoms with Crippen LogP contribution in [-0.2, 0) is 0 Å². The van der Waals surface area contributed by atoms with Crippen LogP contribution in [0.25, 0.3) is 0 Å². The molecule has 2 rings (SSSR count). The molecular weight excluding hydrogens is 248 g/mol. The van der Waals surface area contributed by atoms with Crippen LogP contribution in [0.1, 0.15) is 18.3 Å². The molecule has 1 aromatic heterocycles. The van der Waals surface area contributed by atoms with Gasteiger partial charge in [0.2, 0.25) is 0 Å². The van der Waals surface area contributed by atoms with Gasteiger partial charge in [0, 0.05) is 24.7 Å². The molecule has 0 N–H and O–H groups in total. The lowest BCUT2D eigenvalue weighted by Crippen LogP contribution is -2.34. The molecule has 1 aliphatic rings. The number of aryl methyl sites for hydroxylation is 1. The predicted molar refractivity (Wildman–Crippen MR) is 75.4 cm³/mol. The second-order valence-corrected chi connectivity index (χ2v) is 5.78. The standard InChI is InChI=1S/C13H21ClN4/c1-8-6-18(7-11(8)17(4)5)13-9(2)12(14)15-10(3)16-13/h8,11H,6-7H2,1-5H3. The monoisotopic (exact) mass is 268 g/mol. The first-order chi connectivity index (χ1) is 8.40. The Morgan fingerprint density at radius 2 is 1.89 bits per heavy atom. The van der Waals surface area contributed by atoms with Gasteiger partial charge in [-0.05, 0) is 33.9 Å². The lowest BCUT2D eigenvalue weighted by atomic mass is 10.1. The van der Waals surface area contributed by atoms with E-state index in [0.29, 0.717) is 17.1 Å². The van der Waals surface area contributed by atoms with Crippen LogP contribution < -0.4 is 4.90 Å². The van der Waals surface area contributed by atoms with Crippen molar-refractivity contribution in [2.45, 2.75) is 26.8 Å². The van der Waals surface area contributed by atoms with Crippen LogP contribution in [0.5, 0.6) is 0 Å². The first-order valence-corrected chi connectivity index (χ1v) is 6.70.